The van der Waals surface area contributed by atoms with Gasteiger partial charge in [0.25, 0.3) is 0 Å². The summed E-state index contributed by atoms with van der Waals surface area (Å²) in [5, 5.41) is 15.4. The maximum absolute atomic E-state index is 11.4. The van der Waals surface area contributed by atoms with E-state index >= 15 is 0 Å². The molecule has 4 aromatic rings. The number of anilines is 2. The zero-order valence-electron chi connectivity index (χ0n) is 18.3. The second-order valence-corrected chi connectivity index (χ2v) is 10.6. The SMILES string of the molecule is NS(=O)(=O)Cc1cccc(Nc2ncc3cc(-c4nccs4)c(OC4CCNCC4)cc3n2)c1. The van der Waals surface area contributed by atoms with E-state index in [0.717, 1.165) is 53.2 Å². The number of hydrogen-bond donors (Lipinski definition) is 3. The molecule has 11 heteroatoms. The molecule has 1 saturated heterocycles. The van der Waals surface area contributed by atoms with Crippen LogP contribution in [-0.2, 0) is 15.8 Å². The van der Waals surface area contributed by atoms with Crippen LogP contribution in [0.3, 0.4) is 0 Å². The van der Waals surface area contributed by atoms with Crippen molar-refractivity contribution in [2.75, 3.05) is 18.4 Å². The molecule has 4 N–H and O–H groups in total. The molecule has 1 fully saturated rings. The van der Waals surface area contributed by atoms with Crippen molar-refractivity contribution in [1.82, 2.24) is 20.3 Å². The van der Waals surface area contributed by atoms with E-state index < -0.39 is 10.0 Å². The zero-order chi connectivity index (χ0) is 23.5. The molecule has 0 saturated carbocycles. The molecule has 176 valence electrons. The Morgan fingerprint density at radius 2 is 2.03 bits per heavy atom. The van der Waals surface area contributed by atoms with Gasteiger partial charge in [0, 0.05) is 34.9 Å². The topological polar surface area (TPSA) is 132 Å². The number of benzene rings is 2. The van der Waals surface area contributed by atoms with Gasteiger partial charge in [-0.15, -0.1) is 11.3 Å². The Balaban J connectivity index is 1.46. The van der Waals surface area contributed by atoms with E-state index in [2.05, 4.69) is 25.6 Å². The number of nitrogens with zero attached hydrogens (tertiary/aromatic N) is 3. The maximum Gasteiger partial charge on any atom is 0.227 e. The molecule has 2 aromatic heterocycles. The van der Waals surface area contributed by atoms with Crippen molar-refractivity contribution in [3.05, 3.63) is 59.7 Å². The Morgan fingerprint density at radius 1 is 1.18 bits per heavy atom. The predicted octanol–water partition coefficient (Wildman–Crippen LogP) is 3.42. The van der Waals surface area contributed by atoms with Crippen molar-refractivity contribution in [2.24, 2.45) is 5.14 Å². The van der Waals surface area contributed by atoms with Gasteiger partial charge in [-0.05, 0) is 49.7 Å². The second-order valence-electron chi connectivity index (χ2n) is 8.14. The molecule has 34 heavy (non-hydrogen) atoms. The van der Waals surface area contributed by atoms with Gasteiger partial charge in [0.2, 0.25) is 16.0 Å². The third-order valence-corrected chi connectivity index (χ3v) is 7.02. The van der Waals surface area contributed by atoms with Crippen LogP contribution >= 0.6 is 11.3 Å². The number of ether oxygens (including phenoxy) is 1. The number of sulfonamides is 1. The lowest BCUT2D eigenvalue weighted by atomic mass is 10.1. The van der Waals surface area contributed by atoms with Gasteiger partial charge in [-0.2, -0.15) is 0 Å². The largest absolute Gasteiger partial charge is 0.490 e. The van der Waals surface area contributed by atoms with E-state index in [1.807, 2.05) is 23.6 Å². The first kappa shape index (κ1) is 22.7. The van der Waals surface area contributed by atoms with Crippen molar-refractivity contribution < 1.29 is 13.2 Å². The van der Waals surface area contributed by atoms with Crippen molar-refractivity contribution in [2.45, 2.75) is 24.7 Å². The summed E-state index contributed by atoms with van der Waals surface area (Å²) in [4.78, 5) is 13.6. The van der Waals surface area contributed by atoms with Crippen molar-refractivity contribution in [3.63, 3.8) is 0 Å². The summed E-state index contributed by atoms with van der Waals surface area (Å²) >= 11 is 1.56. The third kappa shape index (κ3) is 5.50. The number of aromatic nitrogens is 3. The highest BCUT2D eigenvalue weighted by molar-refractivity contribution is 7.88. The minimum atomic E-state index is -3.62. The smallest absolute Gasteiger partial charge is 0.227 e. The average molecular weight is 497 g/mol. The summed E-state index contributed by atoms with van der Waals surface area (Å²) in [6.45, 7) is 1.87. The number of nitrogens with one attached hydrogen (secondary N) is 2. The van der Waals surface area contributed by atoms with Crippen molar-refractivity contribution in [1.29, 1.82) is 0 Å². The van der Waals surface area contributed by atoms with Crippen molar-refractivity contribution in [3.8, 4) is 16.3 Å². The van der Waals surface area contributed by atoms with Gasteiger partial charge in [-0.3, -0.25) is 0 Å². The normalized spacial score (nSPS) is 14.9. The summed E-state index contributed by atoms with van der Waals surface area (Å²) in [7, 11) is -3.62. The Hall–Kier alpha value is -3.12. The van der Waals surface area contributed by atoms with E-state index in [1.54, 1.807) is 41.9 Å². The number of fused-ring (bicyclic) bond motifs is 1. The molecule has 0 bridgehead atoms. The van der Waals surface area contributed by atoms with Crippen LogP contribution in [0.1, 0.15) is 18.4 Å². The molecule has 2 aromatic carbocycles. The first-order valence-corrected chi connectivity index (χ1v) is 13.5. The highest BCUT2D eigenvalue weighted by atomic mass is 32.2. The van der Waals surface area contributed by atoms with Crippen LogP contribution in [0, 0.1) is 0 Å². The lowest BCUT2D eigenvalue weighted by Gasteiger charge is -2.25. The lowest BCUT2D eigenvalue weighted by molar-refractivity contribution is 0.163. The fraction of sp³-hybridized carbons (Fsp3) is 0.261. The summed E-state index contributed by atoms with van der Waals surface area (Å²) < 4.78 is 29.3. The monoisotopic (exact) mass is 496 g/mol. The molecule has 9 nitrogen and oxygen atoms in total. The first-order chi connectivity index (χ1) is 16.4. The van der Waals surface area contributed by atoms with Crippen molar-refractivity contribution >= 4 is 43.9 Å². The molecule has 0 atom stereocenters. The summed E-state index contributed by atoms with van der Waals surface area (Å²) in [6.07, 6.45) is 5.57. The molecular formula is C23H24N6O3S2. The molecule has 0 unspecified atom stereocenters. The standard InChI is InChI=1S/C23H24N6O3S2/c24-34(30,31)14-15-2-1-3-17(10-15)28-23-27-13-16-11-19(22-26-8-9-33-22)21(12-20(16)29-23)32-18-4-6-25-7-5-18/h1-3,8-13,18,25H,4-7,14H2,(H2,24,30,31)(H,27,28,29). The summed E-state index contributed by atoms with van der Waals surface area (Å²) in [5.74, 6) is 0.919. The number of nitrogens with two attached hydrogens (primary N) is 1. The van der Waals surface area contributed by atoms with Gasteiger partial charge in [0.1, 0.15) is 16.9 Å². The highest BCUT2D eigenvalue weighted by Crippen LogP contribution is 2.36. The lowest BCUT2D eigenvalue weighted by Crippen LogP contribution is -2.34. The number of primary sulfonamides is 1. The van der Waals surface area contributed by atoms with Crippen LogP contribution < -0.4 is 20.5 Å². The van der Waals surface area contributed by atoms with Gasteiger partial charge in [0.15, 0.2) is 0 Å². The molecule has 0 amide bonds. The van der Waals surface area contributed by atoms with Gasteiger partial charge < -0.3 is 15.4 Å². The Morgan fingerprint density at radius 3 is 2.79 bits per heavy atom. The summed E-state index contributed by atoms with van der Waals surface area (Å²) in [6, 6.07) is 11.0. The van der Waals surface area contributed by atoms with Gasteiger partial charge in [-0.25, -0.2) is 28.5 Å². The quantitative estimate of drug-likeness (QED) is 0.355. The Labute approximate surface area is 201 Å². The second kappa shape index (κ2) is 9.63. The van der Waals surface area contributed by atoms with E-state index in [1.165, 1.54) is 0 Å². The minimum Gasteiger partial charge on any atom is -0.490 e. The minimum absolute atomic E-state index is 0.137. The Bertz CT molecular complexity index is 1400. The Kier molecular flexibility index (Phi) is 6.42. The van der Waals surface area contributed by atoms with Crippen LogP contribution in [-0.4, -0.2) is 42.6 Å². The van der Waals surface area contributed by atoms with Gasteiger partial charge >= 0.3 is 0 Å². The van der Waals surface area contributed by atoms with Gasteiger partial charge in [-0.1, -0.05) is 12.1 Å². The highest BCUT2D eigenvalue weighted by Gasteiger charge is 2.19. The van der Waals surface area contributed by atoms with Crippen LogP contribution in [0.4, 0.5) is 11.6 Å². The van der Waals surface area contributed by atoms with E-state index in [9.17, 15) is 8.42 Å². The van der Waals surface area contributed by atoms with E-state index in [0.29, 0.717) is 17.2 Å². The molecule has 3 heterocycles. The molecule has 1 aliphatic heterocycles. The molecule has 0 aliphatic carbocycles. The van der Waals surface area contributed by atoms with E-state index in [-0.39, 0.29) is 11.9 Å². The fourth-order valence-electron chi connectivity index (χ4n) is 3.93. The third-order valence-electron chi connectivity index (χ3n) is 5.47. The predicted molar refractivity (Wildman–Crippen MR) is 134 cm³/mol. The number of hydrogen-bond acceptors (Lipinski definition) is 9. The number of piperidine rings is 1. The van der Waals surface area contributed by atoms with Crippen LogP contribution in [0.15, 0.2) is 54.2 Å². The van der Waals surface area contributed by atoms with Gasteiger partial charge in [0.05, 0.1) is 16.8 Å². The zero-order valence-corrected chi connectivity index (χ0v) is 19.9. The number of rotatable bonds is 7. The average Bonchev–Trinajstić information content (AvgIpc) is 3.33. The molecule has 1 aliphatic rings. The van der Waals surface area contributed by atoms with Crippen LogP contribution in [0.5, 0.6) is 5.75 Å². The summed E-state index contributed by atoms with van der Waals surface area (Å²) in [5.41, 5.74) is 2.92. The van der Waals surface area contributed by atoms with Crippen LogP contribution in [0.2, 0.25) is 0 Å². The number of thiazole rings is 1. The van der Waals surface area contributed by atoms with E-state index in [4.69, 9.17) is 9.88 Å². The molecular weight excluding hydrogens is 472 g/mol. The molecule has 0 radical (unpaired) electrons. The first-order valence-electron chi connectivity index (χ1n) is 10.9. The van der Waals surface area contributed by atoms with Crippen LogP contribution in [0.25, 0.3) is 21.5 Å². The molecule has 0 spiro atoms. The fourth-order valence-corrected chi connectivity index (χ4v) is 5.24. The molecule has 5 rings (SSSR count). The maximum atomic E-state index is 11.4.